The monoisotopic (exact) mass is 263 g/mol. The normalized spacial score (nSPS) is 12.4. The average Bonchev–Trinajstić information content (AvgIpc) is 2.68. The molecule has 2 aromatic rings. The predicted molar refractivity (Wildman–Crippen MR) is 79.0 cm³/mol. The number of hydrogen-bond donors (Lipinski definition) is 0. The molecule has 0 aliphatic heterocycles. The van der Waals surface area contributed by atoms with Gasteiger partial charge in [-0.1, -0.05) is 34.6 Å². The van der Waals surface area contributed by atoms with E-state index in [4.69, 9.17) is 4.74 Å². The van der Waals surface area contributed by atoms with E-state index in [9.17, 15) is 0 Å². The van der Waals surface area contributed by atoms with Crippen LogP contribution in [0.4, 0.5) is 0 Å². The summed E-state index contributed by atoms with van der Waals surface area (Å²) in [6, 6.07) is 4.30. The minimum atomic E-state index is 0.0848. The number of rotatable bonds is 2. The van der Waals surface area contributed by atoms with Crippen LogP contribution in [0.1, 0.15) is 51.1 Å². The quantitative estimate of drug-likeness (QED) is 0.781. The Kier molecular flexibility index (Phi) is 3.37. The van der Waals surface area contributed by atoms with Crippen molar-refractivity contribution in [3.63, 3.8) is 0 Å². The van der Waals surface area contributed by atoms with Crippen molar-refractivity contribution < 1.29 is 4.74 Å². The Balaban J connectivity index is 2.66. The van der Waals surface area contributed by atoms with Crippen molar-refractivity contribution in [3.05, 3.63) is 22.7 Å². The van der Waals surface area contributed by atoms with Crippen LogP contribution in [0, 0.1) is 0 Å². The van der Waals surface area contributed by atoms with Gasteiger partial charge in [-0.3, -0.25) is 0 Å². The molecule has 0 unspecified atom stereocenters. The molecule has 0 fully saturated rings. The number of benzene rings is 1. The molecule has 0 amide bonds. The van der Waals surface area contributed by atoms with E-state index >= 15 is 0 Å². The number of ether oxygens (including phenoxy) is 1. The van der Waals surface area contributed by atoms with Gasteiger partial charge in [0.15, 0.2) is 0 Å². The summed E-state index contributed by atoms with van der Waals surface area (Å²) in [5.41, 5.74) is 2.38. The van der Waals surface area contributed by atoms with Crippen LogP contribution in [0.3, 0.4) is 0 Å². The Hall–Kier alpha value is -1.09. The first-order chi connectivity index (χ1) is 8.32. The van der Waals surface area contributed by atoms with Gasteiger partial charge in [0.2, 0.25) is 0 Å². The van der Waals surface area contributed by atoms with Crippen LogP contribution in [0.15, 0.2) is 12.1 Å². The minimum absolute atomic E-state index is 0.0848. The zero-order chi connectivity index (χ0) is 13.5. The lowest BCUT2D eigenvalue weighted by Gasteiger charge is -2.21. The maximum absolute atomic E-state index is 5.51. The van der Waals surface area contributed by atoms with Crippen LogP contribution < -0.4 is 4.74 Å². The fourth-order valence-electron chi connectivity index (χ4n) is 1.97. The van der Waals surface area contributed by atoms with Crippen molar-refractivity contribution in [2.45, 2.75) is 46.0 Å². The smallest absolute Gasteiger partial charge is 0.124 e. The molecule has 98 valence electrons. The van der Waals surface area contributed by atoms with Gasteiger partial charge in [0.1, 0.15) is 5.75 Å². The van der Waals surface area contributed by atoms with Crippen LogP contribution in [0.25, 0.3) is 10.2 Å². The minimum Gasteiger partial charge on any atom is -0.496 e. The summed E-state index contributed by atoms with van der Waals surface area (Å²) in [5, 5.41) is 1.19. The summed E-state index contributed by atoms with van der Waals surface area (Å²) >= 11 is 1.79. The third-order valence-corrected chi connectivity index (χ3v) is 4.35. The molecule has 0 radical (unpaired) electrons. The van der Waals surface area contributed by atoms with E-state index in [-0.39, 0.29) is 5.41 Å². The molecular weight excluding hydrogens is 242 g/mol. The molecule has 0 N–H and O–H groups in total. The van der Waals surface area contributed by atoms with Crippen LogP contribution in [0.2, 0.25) is 0 Å². The predicted octanol–water partition coefficient (Wildman–Crippen LogP) is 4.73. The zero-order valence-electron chi connectivity index (χ0n) is 12.0. The van der Waals surface area contributed by atoms with E-state index < -0.39 is 0 Å². The number of hydrogen-bond acceptors (Lipinski definition) is 3. The molecule has 3 heteroatoms. The summed E-state index contributed by atoms with van der Waals surface area (Å²) in [6.45, 7) is 11.0. The van der Waals surface area contributed by atoms with Gasteiger partial charge in [-0.05, 0) is 11.5 Å². The fraction of sp³-hybridized carbons (Fsp3) is 0.533. The van der Waals surface area contributed by atoms with Crippen LogP contribution in [-0.4, -0.2) is 12.1 Å². The fourth-order valence-corrected chi connectivity index (χ4v) is 2.97. The van der Waals surface area contributed by atoms with Crippen molar-refractivity contribution in [1.29, 1.82) is 0 Å². The van der Waals surface area contributed by atoms with E-state index in [1.807, 2.05) is 0 Å². The highest BCUT2D eigenvalue weighted by Crippen LogP contribution is 2.37. The highest BCUT2D eigenvalue weighted by Gasteiger charge is 2.21. The van der Waals surface area contributed by atoms with Gasteiger partial charge < -0.3 is 4.74 Å². The molecule has 0 saturated heterocycles. The third kappa shape index (κ3) is 2.37. The van der Waals surface area contributed by atoms with Gasteiger partial charge in [0.25, 0.3) is 0 Å². The van der Waals surface area contributed by atoms with Crippen LogP contribution in [-0.2, 0) is 5.41 Å². The van der Waals surface area contributed by atoms with E-state index in [0.29, 0.717) is 5.92 Å². The maximum Gasteiger partial charge on any atom is 0.124 e. The lowest BCUT2D eigenvalue weighted by Crippen LogP contribution is -2.12. The summed E-state index contributed by atoms with van der Waals surface area (Å²) < 4.78 is 6.77. The highest BCUT2D eigenvalue weighted by atomic mass is 32.1. The van der Waals surface area contributed by atoms with E-state index in [2.05, 4.69) is 51.7 Å². The third-order valence-electron chi connectivity index (χ3n) is 3.03. The van der Waals surface area contributed by atoms with Crippen molar-refractivity contribution in [3.8, 4) is 5.75 Å². The molecule has 18 heavy (non-hydrogen) atoms. The second-order valence-corrected chi connectivity index (χ2v) is 7.04. The van der Waals surface area contributed by atoms with Gasteiger partial charge >= 0.3 is 0 Å². The number of methoxy groups -OCH3 is 1. The van der Waals surface area contributed by atoms with Gasteiger partial charge in [-0.15, -0.1) is 11.3 Å². The molecule has 1 aromatic heterocycles. The Morgan fingerprint density at radius 1 is 1.22 bits per heavy atom. The summed E-state index contributed by atoms with van der Waals surface area (Å²) in [5.74, 6) is 1.42. The Bertz CT molecular complexity index is 564. The second kappa shape index (κ2) is 4.54. The van der Waals surface area contributed by atoms with Gasteiger partial charge in [-0.25, -0.2) is 4.98 Å². The molecule has 0 aliphatic rings. The number of fused-ring (bicyclic) bond motifs is 1. The lowest BCUT2D eigenvalue weighted by molar-refractivity contribution is 0.398. The molecule has 0 bridgehead atoms. The summed E-state index contributed by atoms with van der Waals surface area (Å²) in [7, 11) is 1.73. The van der Waals surface area contributed by atoms with E-state index in [1.165, 1.54) is 15.3 Å². The first kappa shape index (κ1) is 13.3. The first-order valence-electron chi connectivity index (χ1n) is 6.32. The van der Waals surface area contributed by atoms with E-state index in [1.54, 1.807) is 18.4 Å². The second-order valence-electron chi connectivity index (χ2n) is 5.98. The largest absolute Gasteiger partial charge is 0.496 e. The maximum atomic E-state index is 5.51. The topological polar surface area (TPSA) is 22.1 Å². The Morgan fingerprint density at radius 3 is 2.39 bits per heavy atom. The molecule has 2 nitrogen and oxygen atoms in total. The van der Waals surface area contributed by atoms with Crippen molar-refractivity contribution in [2.75, 3.05) is 7.11 Å². The number of nitrogens with zero attached hydrogens (tertiary/aromatic N) is 1. The molecule has 1 heterocycles. The molecule has 0 spiro atoms. The molecule has 0 saturated carbocycles. The average molecular weight is 263 g/mol. The molecule has 2 rings (SSSR count). The standard InChI is InChI=1S/C15H21NOS/c1-9(2)14-16-11-8-12(17-6)10(15(3,4)5)7-13(11)18-14/h7-9H,1-6H3. The SMILES string of the molecule is COc1cc2nc(C(C)C)sc2cc1C(C)(C)C. The van der Waals surface area contributed by atoms with E-state index in [0.717, 1.165) is 11.3 Å². The van der Waals surface area contributed by atoms with Gasteiger partial charge in [0, 0.05) is 17.5 Å². The molecule has 1 aromatic carbocycles. The van der Waals surface area contributed by atoms with Crippen molar-refractivity contribution in [1.82, 2.24) is 4.98 Å². The van der Waals surface area contributed by atoms with Crippen molar-refractivity contribution >= 4 is 21.6 Å². The Labute approximate surface area is 113 Å². The molecule has 0 atom stereocenters. The van der Waals surface area contributed by atoms with Crippen LogP contribution >= 0.6 is 11.3 Å². The summed E-state index contributed by atoms with van der Waals surface area (Å²) in [6.07, 6.45) is 0. The van der Waals surface area contributed by atoms with Crippen molar-refractivity contribution in [2.24, 2.45) is 0 Å². The molecular formula is C15H21NOS. The summed E-state index contributed by atoms with van der Waals surface area (Å²) in [4.78, 5) is 4.68. The first-order valence-corrected chi connectivity index (χ1v) is 7.13. The molecule has 0 aliphatic carbocycles. The number of aromatic nitrogens is 1. The zero-order valence-corrected chi connectivity index (χ0v) is 12.8. The lowest BCUT2D eigenvalue weighted by atomic mass is 9.86. The van der Waals surface area contributed by atoms with Gasteiger partial charge in [0.05, 0.1) is 22.3 Å². The Morgan fingerprint density at radius 2 is 1.89 bits per heavy atom. The number of thiazole rings is 1. The van der Waals surface area contributed by atoms with Crippen LogP contribution in [0.5, 0.6) is 5.75 Å². The highest BCUT2D eigenvalue weighted by molar-refractivity contribution is 7.18. The van der Waals surface area contributed by atoms with Gasteiger partial charge in [-0.2, -0.15) is 0 Å².